The molecule has 2 aromatic rings. The number of carboxylic acid groups (broad SMARTS) is 1. The molecule has 160 valence electrons. The number of ether oxygens (including phenoxy) is 1. The molecule has 0 bridgehead atoms. The fraction of sp³-hybridized carbons (Fsp3) is 0.286. The van der Waals surface area contributed by atoms with Crippen LogP contribution in [-0.2, 0) is 22.4 Å². The number of methoxy groups -OCH3 is 1. The largest absolute Gasteiger partial charge is 0.497 e. The molecular formula is C21H24FN3O5. The lowest BCUT2D eigenvalue weighted by atomic mass is 10.1. The van der Waals surface area contributed by atoms with Gasteiger partial charge in [-0.15, -0.1) is 0 Å². The SMILES string of the molecule is COc1ccc(C[C@H](NC(=O)NCCNC(=O)Cc2ccc(F)cc2)C(=O)O)cc1. The number of carbonyl (C=O) groups is 3. The van der Waals surface area contributed by atoms with Crippen LogP contribution in [0.4, 0.5) is 9.18 Å². The summed E-state index contributed by atoms with van der Waals surface area (Å²) in [6, 6.07) is 10.7. The van der Waals surface area contributed by atoms with Crippen LogP contribution in [0.1, 0.15) is 11.1 Å². The smallest absolute Gasteiger partial charge is 0.326 e. The Bertz CT molecular complexity index is 856. The van der Waals surface area contributed by atoms with Crippen molar-refractivity contribution in [3.63, 3.8) is 0 Å². The first kappa shape index (κ1) is 22.7. The van der Waals surface area contributed by atoms with Crippen LogP contribution in [0, 0.1) is 5.82 Å². The lowest BCUT2D eigenvalue weighted by Gasteiger charge is -2.15. The van der Waals surface area contributed by atoms with Crippen LogP contribution < -0.4 is 20.7 Å². The van der Waals surface area contributed by atoms with Gasteiger partial charge in [0, 0.05) is 19.5 Å². The third-order valence-electron chi connectivity index (χ3n) is 4.21. The molecular weight excluding hydrogens is 393 g/mol. The van der Waals surface area contributed by atoms with E-state index in [4.69, 9.17) is 4.74 Å². The fourth-order valence-electron chi connectivity index (χ4n) is 2.63. The second-order valence-electron chi connectivity index (χ2n) is 6.50. The average molecular weight is 417 g/mol. The summed E-state index contributed by atoms with van der Waals surface area (Å²) in [5.41, 5.74) is 1.40. The molecule has 0 spiro atoms. The number of urea groups is 1. The number of aliphatic carboxylic acids is 1. The summed E-state index contributed by atoms with van der Waals surface area (Å²) < 4.78 is 17.9. The molecule has 0 heterocycles. The maximum absolute atomic E-state index is 12.9. The van der Waals surface area contributed by atoms with Crippen molar-refractivity contribution in [2.45, 2.75) is 18.9 Å². The van der Waals surface area contributed by atoms with Gasteiger partial charge in [-0.05, 0) is 35.4 Å². The van der Waals surface area contributed by atoms with Crippen LogP contribution in [0.15, 0.2) is 48.5 Å². The summed E-state index contributed by atoms with van der Waals surface area (Å²) >= 11 is 0. The van der Waals surface area contributed by atoms with Crippen molar-refractivity contribution in [3.05, 3.63) is 65.5 Å². The highest BCUT2D eigenvalue weighted by Gasteiger charge is 2.20. The summed E-state index contributed by atoms with van der Waals surface area (Å²) in [6.07, 6.45) is 0.205. The molecule has 2 rings (SSSR count). The molecule has 0 unspecified atom stereocenters. The lowest BCUT2D eigenvalue weighted by Crippen LogP contribution is -2.48. The Morgan fingerprint density at radius 2 is 1.57 bits per heavy atom. The van der Waals surface area contributed by atoms with Gasteiger partial charge in [-0.25, -0.2) is 14.0 Å². The summed E-state index contributed by atoms with van der Waals surface area (Å²) in [6.45, 7) is 0.291. The van der Waals surface area contributed by atoms with E-state index in [0.717, 1.165) is 5.56 Å². The Morgan fingerprint density at radius 3 is 2.17 bits per heavy atom. The van der Waals surface area contributed by atoms with Crippen LogP contribution in [0.25, 0.3) is 0 Å². The van der Waals surface area contributed by atoms with Crippen molar-refractivity contribution in [1.29, 1.82) is 0 Å². The Kier molecular flexibility index (Phi) is 8.61. The first-order chi connectivity index (χ1) is 14.4. The molecule has 0 saturated heterocycles. The van der Waals surface area contributed by atoms with E-state index < -0.39 is 18.0 Å². The number of benzene rings is 2. The second kappa shape index (κ2) is 11.4. The monoisotopic (exact) mass is 417 g/mol. The highest BCUT2D eigenvalue weighted by Crippen LogP contribution is 2.12. The van der Waals surface area contributed by atoms with E-state index in [1.165, 1.54) is 31.4 Å². The molecule has 0 saturated carbocycles. The van der Waals surface area contributed by atoms with Crippen LogP contribution in [0.2, 0.25) is 0 Å². The molecule has 1 atom stereocenters. The lowest BCUT2D eigenvalue weighted by molar-refractivity contribution is -0.139. The van der Waals surface area contributed by atoms with Gasteiger partial charge in [0.1, 0.15) is 17.6 Å². The predicted molar refractivity (Wildman–Crippen MR) is 108 cm³/mol. The Labute approximate surface area is 173 Å². The van der Waals surface area contributed by atoms with Gasteiger partial charge in [-0.2, -0.15) is 0 Å². The zero-order chi connectivity index (χ0) is 21.9. The van der Waals surface area contributed by atoms with Gasteiger partial charge in [-0.1, -0.05) is 24.3 Å². The number of carbonyl (C=O) groups excluding carboxylic acids is 2. The van der Waals surface area contributed by atoms with Gasteiger partial charge in [0.05, 0.1) is 13.5 Å². The highest BCUT2D eigenvalue weighted by atomic mass is 19.1. The van der Waals surface area contributed by atoms with E-state index in [2.05, 4.69) is 16.0 Å². The van der Waals surface area contributed by atoms with Gasteiger partial charge in [-0.3, -0.25) is 4.79 Å². The van der Waals surface area contributed by atoms with E-state index in [1.54, 1.807) is 24.3 Å². The van der Waals surface area contributed by atoms with Crippen molar-refractivity contribution in [1.82, 2.24) is 16.0 Å². The molecule has 2 aromatic carbocycles. The minimum absolute atomic E-state index is 0.0927. The minimum atomic E-state index is -1.16. The number of rotatable bonds is 10. The van der Waals surface area contributed by atoms with Crippen LogP contribution >= 0.6 is 0 Å². The summed E-state index contributed by atoms with van der Waals surface area (Å²) in [5, 5.41) is 16.9. The zero-order valence-electron chi connectivity index (χ0n) is 16.5. The maximum atomic E-state index is 12.9. The zero-order valence-corrected chi connectivity index (χ0v) is 16.5. The van der Waals surface area contributed by atoms with Gasteiger partial charge in [0.2, 0.25) is 5.91 Å². The normalized spacial score (nSPS) is 11.3. The van der Waals surface area contributed by atoms with Crippen molar-refractivity contribution in [2.75, 3.05) is 20.2 Å². The van der Waals surface area contributed by atoms with Gasteiger partial charge in [0.15, 0.2) is 0 Å². The summed E-state index contributed by atoms with van der Waals surface area (Å²) in [5.74, 6) is -1.15. The van der Waals surface area contributed by atoms with Crippen LogP contribution in [-0.4, -0.2) is 49.3 Å². The first-order valence-electron chi connectivity index (χ1n) is 9.28. The summed E-state index contributed by atoms with van der Waals surface area (Å²) in [7, 11) is 1.53. The molecule has 8 nitrogen and oxygen atoms in total. The number of carboxylic acids is 1. The maximum Gasteiger partial charge on any atom is 0.326 e. The topological polar surface area (TPSA) is 117 Å². The minimum Gasteiger partial charge on any atom is -0.497 e. The molecule has 3 amide bonds. The van der Waals surface area contributed by atoms with E-state index in [1.807, 2.05) is 0 Å². The highest BCUT2D eigenvalue weighted by molar-refractivity contribution is 5.83. The molecule has 0 aliphatic carbocycles. The molecule has 30 heavy (non-hydrogen) atoms. The van der Waals surface area contributed by atoms with Gasteiger partial charge in [0.25, 0.3) is 0 Å². The van der Waals surface area contributed by atoms with Crippen LogP contribution in [0.3, 0.4) is 0 Å². The quantitative estimate of drug-likeness (QED) is 0.437. The molecule has 4 N–H and O–H groups in total. The van der Waals surface area contributed by atoms with Crippen molar-refractivity contribution in [2.24, 2.45) is 0 Å². The van der Waals surface area contributed by atoms with E-state index in [0.29, 0.717) is 11.3 Å². The Hall–Kier alpha value is -3.62. The molecule has 9 heteroatoms. The van der Waals surface area contributed by atoms with E-state index in [-0.39, 0.29) is 37.7 Å². The Balaban J connectivity index is 1.71. The average Bonchev–Trinajstić information content (AvgIpc) is 2.73. The van der Waals surface area contributed by atoms with E-state index >= 15 is 0 Å². The van der Waals surface area contributed by atoms with Crippen molar-refractivity contribution in [3.8, 4) is 5.75 Å². The third-order valence-corrected chi connectivity index (χ3v) is 4.21. The number of amides is 3. The van der Waals surface area contributed by atoms with Gasteiger partial charge < -0.3 is 25.8 Å². The summed E-state index contributed by atoms with van der Waals surface area (Å²) in [4.78, 5) is 35.2. The fourth-order valence-corrected chi connectivity index (χ4v) is 2.63. The number of nitrogens with one attached hydrogen (secondary N) is 3. The van der Waals surface area contributed by atoms with Crippen molar-refractivity contribution >= 4 is 17.9 Å². The van der Waals surface area contributed by atoms with Crippen LogP contribution in [0.5, 0.6) is 5.75 Å². The number of halogens is 1. The number of hydrogen-bond acceptors (Lipinski definition) is 4. The van der Waals surface area contributed by atoms with Gasteiger partial charge >= 0.3 is 12.0 Å². The van der Waals surface area contributed by atoms with Crippen molar-refractivity contribution < 1.29 is 28.6 Å². The Morgan fingerprint density at radius 1 is 0.967 bits per heavy atom. The second-order valence-corrected chi connectivity index (χ2v) is 6.50. The predicted octanol–water partition coefficient (Wildman–Crippen LogP) is 1.49. The standard InChI is InChI=1S/C21H24FN3O5/c1-30-17-8-4-14(5-9-17)12-18(20(27)28)25-21(29)24-11-10-23-19(26)13-15-2-6-16(22)7-3-15/h2-9,18H,10-13H2,1H3,(H,23,26)(H,27,28)(H2,24,25,29)/t18-/m0/s1. The molecule has 0 fully saturated rings. The van der Waals surface area contributed by atoms with E-state index in [9.17, 15) is 23.9 Å². The molecule has 0 aliphatic rings. The molecule has 0 aromatic heterocycles. The molecule has 0 radical (unpaired) electrons. The number of hydrogen-bond donors (Lipinski definition) is 4. The molecule has 0 aliphatic heterocycles. The third kappa shape index (κ3) is 7.78. The first-order valence-corrected chi connectivity index (χ1v) is 9.28.